The molecule has 2 rings (SSSR count). The average Bonchev–Trinajstić information content (AvgIpc) is 3.20. The van der Waals surface area contributed by atoms with Crippen LogP contribution in [-0.2, 0) is 11.2 Å². The van der Waals surface area contributed by atoms with Crippen LogP contribution in [0.1, 0.15) is 18.4 Å². The van der Waals surface area contributed by atoms with Gasteiger partial charge < -0.3 is 19.9 Å². The molecule has 2 N–H and O–H groups in total. The Bertz CT molecular complexity index is 377. The quantitative estimate of drug-likeness (QED) is 0.567. The van der Waals surface area contributed by atoms with Crippen LogP contribution >= 0.6 is 0 Å². The fourth-order valence-corrected chi connectivity index (χ4v) is 1.78. The predicted octanol–water partition coefficient (Wildman–Crippen LogP) is 1.96. The van der Waals surface area contributed by atoms with Crippen LogP contribution in [0.25, 0.3) is 0 Å². The lowest BCUT2D eigenvalue weighted by molar-refractivity contribution is 0.00945. The number of benzene rings is 1. The molecule has 18 heavy (non-hydrogen) atoms. The Hall–Kier alpha value is -1.26. The third-order valence-electron chi connectivity index (χ3n) is 3.03. The summed E-state index contributed by atoms with van der Waals surface area (Å²) in [5.74, 6) is 2.41. The maximum Gasteiger partial charge on any atom is 0.189 e. The molecule has 0 unspecified atom stereocenters. The highest BCUT2D eigenvalue weighted by Crippen LogP contribution is 2.29. The van der Waals surface area contributed by atoms with Gasteiger partial charge in [-0.05, 0) is 55.5 Å². The van der Waals surface area contributed by atoms with Gasteiger partial charge in [-0.25, -0.2) is 0 Å². The summed E-state index contributed by atoms with van der Waals surface area (Å²) in [6.45, 7) is 1.70. The van der Waals surface area contributed by atoms with Crippen molar-refractivity contribution in [1.82, 2.24) is 0 Å². The topological polar surface area (TPSA) is 53.7 Å². The van der Waals surface area contributed by atoms with E-state index in [1.807, 2.05) is 18.2 Å². The van der Waals surface area contributed by atoms with Crippen molar-refractivity contribution in [3.63, 3.8) is 0 Å². The molecule has 0 atom stereocenters. The minimum absolute atomic E-state index is 0.306. The highest BCUT2D eigenvalue weighted by atomic mass is 16.7. The number of nitrogens with two attached hydrogens (primary N) is 1. The second kappa shape index (κ2) is 6.61. The second-order valence-corrected chi connectivity index (χ2v) is 4.59. The molecule has 0 saturated heterocycles. The molecule has 1 aromatic rings. The van der Waals surface area contributed by atoms with Gasteiger partial charge >= 0.3 is 0 Å². The minimum Gasteiger partial charge on any atom is -0.497 e. The van der Waals surface area contributed by atoms with Crippen LogP contribution in [0.15, 0.2) is 18.2 Å². The van der Waals surface area contributed by atoms with Crippen LogP contribution < -0.4 is 15.2 Å². The first-order valence-electron chi connectivity index (χ1n) is 6.41. The molecule has 0 aliphatic heterocycles. The van der Waals surface area contributed by atoms with Gasteiger partial charge in [-0.15, -0.1) is 0 Å². The van der Waals surface area contributed by atoms with E-state index in [1.165, 1.54) is 12.8 Å². The number of hydrogen-bond donors (Lipinski definition) is 1. The largest absolute Gasteiger partial charge is 0.497 e. The van der Waals surface area contributed by atoms with E-state index in [0.29, 0.717) is 13.3 Å². The van der Waals surface area contributed by atoms with E-state index >= 15 is 0 Å². The van der Waals surface area contributed by atoms with Crippen molar-refractivity contribution >= 4 is 0 Å². The predicted molar refractivity (Wildman–Crippen MR) is 69.9 cm³/mol. The molecule has 1 aliphatic carbocycles. The maximum absolute atomic E-state index is 5.63. The molecule has 4 nitrogen and oxygen atoms in total. The maximum atomic E-state index is 5.63. The van der Waals surface area contributed by atoms with Crippen LogP contribution in [0, 0.1) is 5.92 Å². The molecule has 0 spiro atoms. The lowest BCUT2D eigenvalue weighted by Gasteiger charge is -2.12. The summed E-state index contributed by atoms with van der Waals surface area (Å²) < 4.78 is 16.3. The SMILES string of the molecule is COc1ccc(OCOCC2CC2)c(CCN)c1. The summed E-state index contributed by atoms with van der Waals surface area (Å²) in [7, 11) is 1.65. The summed E-state index contributed by atoms with van der Waals surface area (Å²) in [5.41, 5.74) is 6.66. The first kappa shape index (κ1) is 13.2. The minimum atomic E-state index is 0.306. The second-order valence-electron chi connectivity index (χ2n) is 4.59. The summed E-state index contributed by atoms with van der Waals surface area (Å²) in [6.07, 6.45) is 3.36. The van der Waals surface area contributed by atoms with Crippen molar-refractivity contribution in [3.8, 4) is 11.5 Å². The van der Waals surface area contributed by atoms with E-state index in [1.54, 1.807) is 7.11 Å². The van der Waals surface area contributed by atoms with Crippen molar-refractivity contribution in [3.05, 3.63) is 23.8 Å². The van der Waals surface area contributed by atoms with Gasteiger partial charge in [0.25, 0.3) is 0 Å². The molecular weight excluding hydrogens is 230 g/mol. The van der Waals surface area contributed by atoms with E-state index in [0.717, 1.165) is 36.0 Å². The van der Waals surface area contributed by atoms with Crippen LogP contribution in [0.4, 0.5) is 0 Å². The molecule has 0 aromatic heterocycles. The highest BCUT2D eigenvalue weighted by Gasteiger charge is 2.21. The molecule has 0 heterocycles. The molecule has 1 aromatic carbocycles. The van der Waals surface area contributed by atoms with Gasteiger partial charge in [0.1, 0.15) is 11.5 Å². The highest BCUT2D eigenvalue weighted by molar-refractivity contribution is 5.40. The lowest BCUT2D eigenvalue weighted by atomic mass is 10.1. The van der Waals surface area contributed by atoms with Gasteiger partial charge in [-0.3, -0.25) is 0 Å². The summed E-state index contributed by atoms with van der Waals surface area (Å²) in [5, 5.41) is 0. The molecule has 0 amide bonds. The van der Waals surface area contributed by atoms with Crippen molar-refractivity contribution in [1.29, 1.82) is 0 Å². The zero-order valence-electron chi connectivity index (χ0n) is 10.9. The van der Waals surface area contributed by atoms with E-state index < -0.39 is 0 Å². The zero-order valence-corrected chi connectivity index (χ0v) is 10.9. The van der Waals surface area contributed by atoms with Crippen molar-refractivity contribution in [2.45, 2.75) is 19.3 Å². The monoisotopic (exact) mass is 251 g/mol. The third-order valence-corrected chi connectivity index (χ3v) is 3.03. The Kier molecular flexibility index (Phi) is 4.84. The van der Waals surface area contributed by atoms with Crippen LogP contribution in [0.3, 0.4) is 0 Å². The van der Waals surface area contributed by atoms with Crippen molar-refractivity contribution in [2.24, 2.45) is 11.7 Å². The summed E-state index contributed by atoms with van der Waals surface area (Å²) in [4.78, 5) is 0. The summed E-state index contributed by atoms with van der Waals surface area (Å²) >= 11 is 0. The number of rotatable bonds is 8. The van der Waals surface area contributed by atoms with Crippen molar-refractivity contribution in [2.75, 3.05) is 27.1 Å². The Labute approximate surface area is 108 Å². The molecule has 0 radical (unpaired) electrons. The van der Waals surface area contributed by atoms with Gasteiger partial charge in [-0.1, -0.05) is 0 Å². The van der Waals surface area contributed by atoms with Gasteiger partial charge in [0, 0.05) is 0 Å². The van der Waals surface area contributed by atoms with Gasteiger partial charge in [0.15, 0.2) is 6.79 Å². The molecule has 4 heteroatoms. The fraction of sp³-hybridized carbons (Fsp3) is 0.571. The third kappa shape index (κ3) is 3.89. The summed E-state index contributed by atoms with van der Waals surface area (Å²) in [6, 6.07) is 5.75. The number of hydrogen-bond acceptors (Lipinski definition) is 4. The molecule has 1 fully saturated rings. The molecule has 100 valence electrons. The Morgan fingerprint density at radius 2 is 2.17 bits per heavy atom. The fourth-order valence-electron chi connectivity index (χ4n) is 1.78. The Morgan fingerprint density at radius 1 is 1.33 bits per heavy atom. The van der Waals surface area contributed by atoms with E-state index in [2.05, 4.69) is 0 Å². The Balaban J connectivity index is 1.87. The smallest absolute Gasteiger partial charge is 0.189 e. The zero-order chi connectivity index (χ0) is 12.8. The van der Waals surface area contributed by atoms with Gasteiger partial charge in [0.05, 0.1) is 13.7 Å². The first-order valence-corrected chi connectivity index (χ1v) is 6.41. The standard InChI is InChI=1S/C14H21NO3/c1-16-13-4-5-14(12(8-13)6-7-15)18-10-17-9-11-2-3-11/h4-5,8,11H,2-3,6-7,9-10,15H2,1H3. The van der Waals surface area contributed by atoms with E-state index in [9.17, 15) is 0 Å². The van der Waals surface area contributed by atoms with Gasteiger partial charge in [-0.2, -0.15) is 0 Å². The van der Waals surface area contributed by atoms with E-state index in [-0.39, 0.29) is 0 Å². The normalized spacial score (nSPS) is 14.6. The first-order chi connectivity index (χ1) is 8.83. The lowest BCUT2D eigenvalue weighted by Crippen LogP contribution is -2.09. The number of ether oxygens (including phenoxy) is 3. The number of methoxy groups -OCH3 is 1. The molecule has 0 bridgehead atoms. The van der Waals surface area contributed by atoms with Crippen LogP contribution in [0.5, 0.6) is 11.5 Å². The van der Waals surface area contributed by atoms with Crippen molar-refractivity contribution < 1.29 is 14.2 Å². The Morgan fingerprint density at radius 3 is 2.83 bits per heavy atom. The average molecular weight is 251 g/mol. The van der Waals surface area contributed by atoms with Crippen LogP contribution in [0.2, 0.25) is 0 Å². The molecule has 1 saturated carbocycles. The van der Waals surface area contributed by atoms with E-state index in [4.69, 9.17) is 19.9 Å². The molecular formula is C14H21NO3. The van der Waals surface area contributed by atoms with Crippen LogP contribution in [-0.4, -0.2) is 27.1 Å². The van der Waals surface area contributed by atoms with Gasteiger partial charge in [0.2, 0.25) is 0 Å². The molecule has 1 aliphatic rings.